The van der Waals surface area contributed by atoms with E-state index in [2.05, 4.69) is 17.1 Å². The number of nitrogens with two attached hydrogens (primary N) is 1. The number of aromatic nitrogens is 1. The van der Waals surface area contributed by atoms with E-state index in [-0.39, 0.29) is 0 Å². The molecule has 0 saturated heterocycles. The maximum Gasteiger partial charge on any atom is 0.128 e. The second kappa shape index (κ2) is 7.07. The molecule has 0 saturated carbocycles. The molecule has 0 atom stereocenters. The monoisotopic (exact) mass is 328 g/mol. The number of rotatable bonds is 6. The summed E-state index contributed by atoms with van der Waals surface area (Å²) >= 11 is 6.38. The highest BCUT2D eigenvalue weighted by Gasteiger charge is 2.17. The molecule has 0 unspecified atom stereocenters. The van der Waals surface area contributed by atoms with E-state index in [1.165, 1.54) is 10.9 Å². The molecule has 0 fully saturated rings. The zero-order valence-electron chi connectivity index (χ0n) is 13.2. The van der Waals surface area contributed by atoms with Crippen LogP contribution in [0.15, 0.2) is 42.5 Å². The number of hydrogen-bond acceptors (Lipinski definition) is 2. The third-order valence-corrected chi connectivity index (χ3v) is 4.46. The number of halogens is 1. The number of benzene rings is 2. The number of nitrogens with one attached hydrogen (secondary N) is 1. The third kappa shape index (κ3) is 3.07. The Labute approximate surface area is 141 Å². The van der Waals surface area contributed by atoms with Crippen LogP contribution in [0.25, 0.3) is 22.2 Å². The van der Waals surface area contributed by atoms with Gasteiger partial charge in [-0.3, -0.25) is 0 Å². The van der Waals surface area contributed by atoms with Gasteiger partial charge in [0.2, 0.25) is 0 Å². The molecule has 3 nitrogen and oxygen atoms in total. The first-order chi connectivity index (χ1) is 11.3. The van der Waals surface area contributed by atoms with E-state index in [9.17, 15) is 0 Å². The number of H-pyrrole nitrogens is 1. The number of aromatic amines is 1. The van der Waals surface area contributed by atoms with Crippen molar-refractivity contribution in [1.29, 1.82) is 0 Å². The lowest BCUT2D eigenvalue weighted by molar-refractivity contribution is 0.416. The Morgan fingerprint density at radius 3 is 2.70 bits per heavy atom. The summed E-state index contributed by atoms with van der Waals surface area (Å²) in [5.74, 6) is 0.857. The molecule has 3 rings (SSSR count). The maximum atomic E-state index is 6.38. The largest absolute Gasteiger partial charge is 0.496 e. The molecule has 0 aliphatic heterocycles. The highest BCUT2D eigenvalue weighted by molar-refractivity contribution is 6.35. The van der Waals surface area contributed by atoms with E-state index in [0.29, 0.717) is 6.54 Å². The van der Waals surface area contributed by atoms with Gasteiger partial charge in [0.1, 0.15) is 5.75 Å². The van der Waals surface area contributed by atoms with Crippen molar-refractivity contribution in [2.24, 2.45) is 5.73 Å². The third-order valence-electron chi connectivity index (χ3n) is 4.15. The fourth-order valence-electron chi connectivity index (χ4n) is 3.02. The van der Waals surface area contributed by atoms with Gasteiger partial charge in [-0.05, 0) is 49.6 Å². The fraction of sp³-hybridized carbons (Fsp3) is 0.263. The van der Waals surface area contributed by atoms with Gasteiger partial charge in [0, 0.05) is 10.9 Å². The molecule has 0 amide bonds. The highest BCUT2D eigenvalue weighted by atomic mass is 35.5. The van der Waals surface area contributed by atoms with Crippen LogP contribution in [0.4, 0.5) is 0 Å². The number of unbranched alkanes of at least 4 members (excludes halogenated alkanes) is 1. The molecule has 3 aromatic rings. The van der Waals surface area contributed by atoms with Gasteiger partial charge in [0.15, 0.2) is 0 Å². The molecule has 0 aliphatic carbocycles. The number of hydrogen-bond donors (Lipinski definition) is 2. The normalized spacial score (nSPS) is 11.1. The molecule has 0 spiro atoms. The Morgan fingerprint density at radius 1 is 1.09 bits per heavy atom. The van der Waals surface area contributed by atoms with E-state index in [0.717, 1.165) is 46.8 Å². The lowest BCUT2D eigenvalue weighted by atomic mass is 10.00. The molecule has 2 aromatic carbocycles. The van der Waals surface area contributed by atoms with Crippen LogP contribution in [0.3, 0.4) is 0 Å². The van der Waals surface area contributed by atoms with E-state index in [4.69, 9.17) is 22.1 Å². The van der Waals surface area contributed by atoms with Crippen LogP contribution in [-0.4, -0.2) is 18.6 Å². The van der Waals surface area contributed by atoms with Crippen LogP contribution in [-0.2, 0) is 6.42 Å². The van der Waals surface area contributed by atoms with Crippen molar-refractivity contribution in [2.45, 2.75) is 19.3 Å². The summed E-state index contributed by atoms with van der Waals surface area (Å²) < 4.78 is 5.53. The van der Waals surface area contributed by atoms with Crippen molar-refractivity contribution in [3.05, 3.63) is 53.1 Å². The Balaban J connectivity index is 2.18. The molecule has 0 radical (unpaired) electrons. The molecule has 4 heteroatoms. The van der Waals surface area contributed by atoms with Gasteiger partial charge in [0.05, 0.1) is 23.3 Å². The minimum absolute atomic E-state index is 0.715. The Morgan fingerprint density at radius 2 is 1.91 bits per heavy atom. The van der Waals surface area contributed by atoms with Crippen molar-refractivity contribution in [3.63, 3.8) is 0 Å². The first-order valence-corrected chi connectivity index (χ1v) is 8.26. The average molecular weight is 329 g/mol. The van der Waals surface area contributed by atoms with E-state index in [1.807, 2.05) is 30.3 Å². The predicted molar refractivity (Wildman–Crippen MR) is 97.3 cm³/mol. The molecule has 120 valence electrons. The maximum absolute atomic E-state index is 6.38. The van der Waals surface area contributed by atoms with Crippen LogP contribution in [0.5, 0.6) is 5.75 Å². The zero-order chi connectivity index (χ0) is 16.2. The number of methoxy groups -OCH3 is 1. The van der Waals surface area contributed by atoms with Crippen molar-refractivity contribution < 1.29 is 4.74 Å². The lowest BCUT2D eigenvalue weighted by Crippen LogP contribution is -1.99. The SMILES string of the molecule is COc1ccccc1-c1[nH]c2c(Cl)cccc2c1CCCCN. The molecule has 23 heavy (non-hydrogen) atoms. The van der Waals surface area contributed by atoms with Gasteiger partial charge in [-0.15, -0.1) is 0 Å². The van der Waals surface area contributed by atoms with Gasteiger partial charge >= 0.3 is 0 Å². The molecular weight excluding hydrogens is 308 g/mol. The molecule has 1 heterocycles. The van der Waals surface area contributed by atoms with Gasteiger partial charge in [-0.1, -0.05) is 35.9 Å². The van der Waals surface area contributed by atoms with Crippen molar-refractivity contribution in [1.82, 2.24) is 4.98 Å². The minimum Gasteiger partial charge on any atom is -0.496 e. The van der Waals surface area contributed by atoms with Gasteiger partial charge < -0.3 is 15.5 Å². The van der Waals surface area contributed by atoms with Crippen molar-refractivity contribution in [3.8, 4) is 17.0 Å². The number of ether oxygens (including phenoxy) is 1. The number of fused-ring (bicyclic) bond motifs is 1. The summed E-state index contributed by atoms with van der Waals surface area (Å²) in [4.78, 5) is 3.51. The van der Waals surface area contributed by atoms with Crippen molar-refractivity contribution in [2.75, 3.05) is 13.7 Å². The summed E-state index contributed by atoms with van der Waals surface area (Å²) in [7, 11) is 1.70. The molecule has 1 aromatic heterocycles. The summed E-state index contributed by atoms with van der Waals surface area (Å²) in [6.45, 7) is 0.715. The Bertz CT molecular complexity index is 810. The fourth-order valence-corrected chi connectivity index (χ4v) is 3.25. The van der Waals surface area contributed by atoms with Crippen LogP contribution >= 0.6 is 11.6 Å². The standard InChI is InChI=1S/C19H21ClN2O/c1-23-17-11-3-2-8-15(17)18-13(7-4-5-12-21)14-9-6-10-16(20)19(14)22-18/h2-3,6,8-11,22H,4-5,7,12,21H2,1H3. The second-order valence-electron chi connectivity index (χ2n) is 5.59. The Kier molecular flexibility index (Phi) is 4.89. The van der Waals surface area contributed by atoms with Gasteiger partial charge in [0.25, 0.3) is 0 Å². The lowest BCUT2D eigenvalue weighted by Gasteiger charge is -2.09. The quantitative estimate of drug-likeness (QED) is 0.640. The van der Waals surface area contributed by atoms with Crippen LogP contribution in [0.1, 0.15) is 18.4 Å². The van der Waals surface area contributed by atoms with Crippen LogP contribution in [0.2, 0.25) is 5.02 Å². The van der Waals surface area contributed by atoms with Crippen LogP contribution in [0, 0.1) is 0 Å². The number of aryl methyl sites for hydroxylation is 1. The molecule has 0 bridgehead atoms. The molecule has 3 N–H and O–H groups in total. The second-order valence-corrected chi connectivity index (χ2v) is 5.99. The average Bonchev–Trinajstić information content (AvgIpc) is 2.95. The highest BCUT2D eigenvalue weighted by Crippen LogP contribution is 2.38. The van der Waals surface area contributed by atoms with E-state index >= 15 is 0 Å². The first-order valence-electron chi connectivity index (χ1n) is 7.88. The van der Waals surface area contributed by atoms with Crippen LogP contribution < -0.4 is 10.5 Å². The first kappa shape index (κ1) is 15.9. The predicted octanol–water partition coefficient (Wildman–Crippen LogP) is 4.78. The van der Waals surface area contributed by atoms with Gasteiger partial charge in [-0.25, -0.2) is 0 Å². The zero-order valence-corrected chi connectivity index (χ0v) is 14.0. The molecule has 0 aliphatic rings. The number of para-hydroxylation sites is 2. The van der Waals surface area contributed by atoms with Crippen molar-refractivity contribution >= 4 is 22.5 Å². The summed E-state index contributed by atoms with van der Waals surface area (Å²) in [6.07, 6.45) is 3.03. The Hall–Kier alpha value is -1.97. The summed E-state index contributed by atoms with van der Waals surface area (Å²) in [5.41, 5.74) is 10.1. The minimum atomic E-state index is 0.715. The summed E-state index contributed by atoms with van der Waals surface area (Å²) in [5, 5.41) is 1.92. The topological polar surface area (TPSA) is 51.0 Å². The van der Waals surface area contributed by atoms with E-state index < -0.39 is 0 Å². The summed E-state index contributed by atoms with van der Waals surface area (Å²) in [6, 6.07) is 14.1. The van der Waals surface area contributed by atoms with Gasteiger partial charge in [-0.2, -0.15) is 0 Å². The smallest absolute Gasteiger partial charge is 0.128 e. The van der Waals surface area contributed by atoms with E-state index in [1.54, 1.807) is 7.11 Å². The molecular formula is C19H21ClN2O.